The van der Waals surface area contributed by atoms with Crippen LogP contribution >= 0.6 is 11.3 Å². The summed E-state index contributed by atoms with van der Waals surface area (Å²) >= 11 is 1.64. The van der Waals surface area contributed by atoms with Crippen molar-refractivity contribution >= 4 is 11.3 Å². The van der Waals surface area contributed by atoms with E-state index < -0.39 is 0 Å². The predicted octanol–water partition coefficient (Wildman–Crippen LogP) is 1.74. The zero-order valence-corrected chi connectivity index (χ0v) is 10.2. The Bertz CT molecular complexity index is 699. The number of nitrogens with zero attached hydrogens (tertiary/aromatic N) is 3. The summed E-state index contributed by atoms with van der Waals surface area (Å²) in [7, 11) is 0. The van der Waals surface area contributed by atoms with Crippen LogP contribution in [-0.2, 0) is 6.54 Å². The summed E-state index contributed by atoms with van der Waals surface area (Å²) in [6.07, 6.45) is 5.06. The minimum Gasteiger partial charge on any atom is -0.324 e. The number of hydrogen-bond donors (Lipinski definition) is 1. The van der Waals surface area contributed by atoms with Crippen LogP contribution in [0.3, 0.4) is 0 Å². The second-order valence-corrected chi connectivity index (χ2v) is 4.71. The van der Waals surface area contributed by atoms with Crippen molar-refractivity contribution in [2.75, 3.05) is 0 Å². The van der Waals surface area contributed by atoms with Crippen molar-refractivity contribution in [2.45, 2.75) is 6.54 Å². The Morgan fingerprint density at radius 3 is 3.11 bits per heavy atom. The molecule has 0 unspecified atom stereocenters. The molecule has 0 radical (unpaired) electrons. The fraction of sp³-hybridized carbons (Fsp3) is 0.0833. The van der Waals surface area contributed by atoms with Gasteiger partial charge in [0.2, 0.25) is 0 Å². The molecule has 0 aliphatic heterocycles. The Hall–Kier alpha value is -2.21. The van der Waals surface area contributed by atoms with E-state index in [-0.39, 0.29) is 5.56 Å². The Morgan fingerprint density at radius 2 is 2.33 bits per heavy atom. The lowest BCUT2D eigenvalue weighted by Crippen LogP contribution is -2.10. The smallest absolute Gasteiger partial charge is 0.250 e. The molecule has 3 heterocycles. The minimum atomic E-state index is -0.141. The van der Waals surface area contributed by atoms with Crippen molar-refractivity contribution < 1.29 is 0 Å². The Kier molecular flexibility index (Phi) is 2.77. The van der Waals surface area contributed by atoms with Crippen LogP contribution in [0.1, 0.15) is 5.69 Å². The number of thiophene rings is 1. The largest absolute Gasteiger partial charge is 0.324 e. The van der Waals surface area contributed by atoms with E-state index in [1.54, 1.807) is 17.5 Å². The normalized spacial score (nSPS) is 10.7. The lowest BCUT2D eigenvalue weighted by molar-refractivity contribution is 0.775. The number of imidazole rings is 1. The molecule has 0 aliphatic carbocycles. The van der Waals surface area contributed by atoms with Gasteiger partial charge in [-0.3, -0.25) is 4.79 Å². The average Bonchev–Trinajstić information content (AvgIpc) is 2.98. The summed E-state index contributed by atoms with van der Waals surface area (Å²) in [4.78, 5) is 23.3. The second kappa shape index (κ2) is 4.58. The van der Waals surface area contributed by atoms with Crippen molar-refractivity contribution in [3.05, 3.63) is 58.3 Å². The Balaban J connectivity index is 1.95. The van der Waals surface area contributed by atoms with E-state index in [9.17, 15) is 4.79 Å². The van der Waals surface area contributed by atoms with E-state index >= 15 is 0 Å². The maximum absolute atomic E-state index is 11.2. The molecule has 0 bridgehead atoms. The van der Waals surface area contributed by atoms with Crippen LogP contribution in [0.2, 0.25) is 0 Å². The van der Waals surface area contributed by atoms with Gasteiger partial charge in [0, 0.05) is 18.5 Å². The van der Waals surface area contributed by atoms with Gasteiger partial charge < -0.3 is 9.55 Å². The third-order valence-corrected chi connectivity index (χ3v) is 3.39. The van der Waals surface area contributed by atoms with Crippen LogP contribution in [-0.4, -0.2) is 19.5 Å². The van der Waals surface area contributed by atoms with Crippen molar-refractivity contribution in [1.29, 1.82) is 0 Å². The van der Waals surface area contributed by atoms with Crippen LogP contribution in [0.25, 0.3) is 10.7 Å². The van der Waals surface area contributed by atoms with Gasteiger partial charge in [-0.1, -0.05) is 6.07 Å². The molecule has 0 aliphatic rings. The van der Waals surface area contributed by atoms with E-state index in [0.29, 0.717) is 6.54 Å². The zero-order chi connectivity index (χ0) is 12.4. The summed E-state index contributed by atoms with van der Waals surface area (Å²) in [5.74, 6) is 0.895. The average molecular weight is 258 g/mol. The Labute approximate surface area is 107 Å². The number of rotatable bonds is 3. The fourth-order valence-corrected chi connectivity index (χ4v) is 2.47. The van der Waals surface area contributed by atoms with E-state index in [1.165, 1.54) is 12.4 Å². The first-order chi connectivity index (χ1) is 8.83. The molecule has 0 saturated heterocycles. The molecule has 0 fully saturated rings. The Morgan fingerprint density at radius 1 is 1.39 bits per heavy atom. The quantitative estimate of drug-likeness (QED) is 0.778. The van der Waals surface area contributed by atoms with Gasteiger partial charge in [0.05, 0.1) is 23.4 Å². The summed E-state index contributed by atoms with van der Waals surface area (Å²) in [5.41, 5.74) is 0.576. The van der Waals surface area contributed by atoms with Crippen LogP contribution in [0, 0.1) is 0 Å². The molecule has 0 saturated carbocycles. The minimum absolute atomic E-state index is 0.141. The second-order valence-electron chi connectivity index (χ2n) is 3.76. The zero-order valence-electron chi connectivity index (χ0n) is 9.41. The lowest BCUT2D eigenvalue weighted by Gasteiger charge is -2.05. The number of nitrogens with one attached hydrogen (secondary N) is 1. The third kappa shape index (κ3) is 2.10. The molecule has 90 valence electrons. The molecule has 0 aromatic carbocycles. The van der Waals surface area contributed by atoms with Crippen LogP contribution in [0.4, 0.5) is 0 Å². The number of H-pyrrole nitrogens is 1. The number of hydrogen-bond acceptors (Lipinski definition) is 4. The molecule has 3 aromatic rings. The van der Waals surface area contributed by atoms with Crippen molar-refractivity contribution in [2.24, 2.45) is 0 Å². The van der Waals surface area contributed by atoms with Gasteiger partial charge in [-0.2, -0.15) is 0 Å². The maximum atomic E-state index is 11.2. The molecule has 18 heavy (non-hydrogen) atoms. The molecule has 6 heteroatoms. The van der Waals surface area contributed by atoms with Gasteiger partial charge in [0.1, 0.15) is 5.82 Å². The summed E-state index contributed by atoms with van der Waals surface area (Å²) < 4.78 is 1.98. The first-order valence-corrected chi connectivity index (χ1v) is 6.29. The molecule has 0 atom stereocenters. The van der Waals surface area contributed by atoms with Crippen molar-refractivity contribution in [3.8, 4) is 10.7 Å². The summed E-state index contributed by atoms with van der Waals surface area (Å²) in [6, 6.07) is 5.51. The van der Waals surface area contributed by atoms with E-state index in [2.05, 4.69) is 15.0 Å². The van der Waals surface area contributed by atoms with Gasteiger partial charge in [-0.25, -0.2) is 9.97 Å². The van der Waals surface area contributed by atoms with Gasteiger partial charge >= 0.3 is 0 Å². The number of aromatic nitrogens is 4. The van der Waals surface area contributed by atoms with Gasteiger partial charge in [-0.05, 0) is 11.4 Å². The first kappa shape index (κ1) is 10.9. The highest BCUT2D eigenvalue weighted by molar-refractivity contribution is 7.13. The fourth-order valence-electron chi connectivity index (χ4n) is 1.74. The first-order valence-electron chi connectivity index (χ1n) is 5.41. The molecular weight excluding hydrogens is 248 g/mol. The predicted molar refractivity (Wildman–Crippen MR) is 69.5 cm³/mol. The van der Waals surface area contributed by atoms with Gasteiger partial charge in [0.25, 0.3) is 5.56 Å². The highest BCUT2D eigenvalue weighted by Gasteiger charge is 2.07. The van der Waals surface area contributed by atoms with E-state index in [4.69, 9.17) is 0 Å². The maximum Gasteiger partial charge on any atom is 0.250 e. The molecule has 1 N–H and O–H groups in total. The van der Waals surface area contributed by atoms with Crippen molar-refractivity contribution in [3.63, 3.8) is 0 Å². The molecule has 3 rings (SSSR count). The van der Waals surface area contributed by atoms with E-state index in [0.717, 1.165) is 16.4 Å². The van der Waals surface area contributed by atoms with Crippen LogP contribution in [0.5, 0.6) is 0 Å². The topological polar surface area (TPSA) is 63.6 Å². The van der Waals surface area contributed by atoms with Crippen molar-refractivity contribution in [1.82, 2.24) is 19.5 Å². The van der Waals surface area contributed by atoms with Gasteiger partial charge in [-0.15, -0.1) is 11.3 Å². The molecule has 0 spiro atoms. The highest BCUT2D eigenvalue weighted by atomic mass is 32.1. The third-order valence-electron chi connectivity index (χ3n) is 2.52. The van der Waals surface area contributed by atoms with E-state index in [1.807, 2.05) is 28.3 Å². The lowest BCUT2D eigenvalue weighted by atomic mass is 10.4. The van der Waals surface area contributed by atoms with Crippen LogP contribution in [0.15, 0.2) is 47.1 Å². The monoisotopic (exact) mass is 258 g/mol. The molecular formula is C12H10N4OS. The molecule has 3 aromatic heterocycles. The molecule has 5 nitrogen and oxygen atoms in total. The highest BCUT2D eigenvalue weighted by Crippen LogP contribution is 2.23. The summed E-state index contributed by atoms with van der Waals surface area (Å²) in [6.45, 7) is 0.539. The van der Waals surface area contributed by atoms with Gasteiger partial charge in [0.15, 0.2) is 0 Å². The van der Waals surface area contributed by atoms with Crippen LogP contribution < -0.4 is 5.56 Å². The summed E-state index contributed by atoms with van der Waals surface area (Å²) in [5, 5.41) is 2.01. The molecule has 0 amide bonds. The SMILES string of the molecule is O=c1cc(Cn2ccnc2-c2cccs2)nc[nH]1. The number of aromatic amines is 1. The standard InChI is InChI=1S/C12H10N4OS/c17-11-6-9(14-8-15-11)7-16-4-3-13-12(16)10-2-1-5-18-10/h1-6,8H,7H2,(H,14,15,17).